The molecule has 1 aromatic rings. The Morgan fingerprint density at radius 2 is 2.17 bits per heavy atom. The average Bonchev–Trinajstić information content (AvgIpc) is 2.96. The fourth-order valence-electron chi connectivity index (χ4n) is 3.95. The summed E-state index contributed by atoms with van der Waals surface area (Å²) in [5.41, 5.74) is 2.62. The van der Waals surface area contributed by atoms with Gasteiger partial charge in [0.1, 0.15) is 0 Å². The van der Waals surface area contributed by atoms with Crippen LogP contribution in [0.1, 0.15) is 55.7 Å². The molecule has 2 heterocycles. The number of rotatable bonds is 5. The highest BCUT2D eigenvalue weighted by atomic mass is 16.5. The van der Waals surface area contributed by atoms with Crippen molar-refractivity contribution in [3.63, 3.8) is 0 Å². The number of methoxy groups -OCH3 is 1. The Morgan fingerprint density at radius 1 is 1.38 bits per heavy atom. The van der Waals surface area contributed by atoms with Crippen LogP contribution in [0.5, 0.6) is 0 Å². The molecule has 1 aromatic heterocycles. The molecule has 1 saturated carbocycles. The van der Waals surface area contributed by atoms with E-state index >= 15 is 0 Å². The molecule has 6 heteroatoms. The summed E-state index contributed by atoms with van der Waals surface area (Å²) < 4.78 is 12.4. The van der Waals surface area contributed by atoms with E-state index in [0.717, 1.165) is 19.6 Å². The van der Waals surface area contributed by atoms with E-state index in [1.807, 2.05) is 11.7 Å². The maximum absolute atomic E-state index is 11.5. The lowest BCUT2D eigenvalue weighted by atomic mass is 9.85. The fourth-order valence-corrected chi connectivity index (χ4v) is 3.95. The van der Waals surface area contributed by atoms with Crippen LogP contribution < -0.4 is 0 Å². The summed E-state index contributed by atoms with van der Waals surface area (Å²) in [5, 5.41) is 4.77. The van der Waals surface area contributed by atoms with E-state index in [0.29, 0.717) is 18.9 Å². The number of esters is 1. The van der Waals surface area contributed by atoms with Gasteiger partial charge in [-0.05, 0) is 12.8 Å². The molecule has 1 saturated heterocycles. The van der Waals surface area contributed by atoms with Gasteiger partial charge in [-0.15, -0.1) is 0 Å². The highest BCUT2D eigenvalue weighted by molar-refractivity contribution is 5.69. The van der Waals surface area contributed by atoms with Crippen LogP contribution in [0.15, 0.2) is 6.20 Å². The first-order valence-corrected chi connectivity index (χ1v) is 9.09. The number of nitrogens with zero attached hydrogens (tertiary/aromatic N) is 3. The van der Waals surface area contributed by atoms with Crippen LogP contribution in [-0.2, 0) is 27.9 Å². The van der Waals surface area contributed by atoms with Crippen molar-refractivity contribution < 1.29 is 14.3 Å². The smallest absolute Gasteiger partial charge is 0.308 e. The molecular formula is C18H29N3O3. The number of carbonyl (C=O) groups is 1. The zero-order valence-corrected chi connectivity index (χ0v) is 14.9. The van der Waals surface area contributed by atoms with E-state index in [-0.39, 0.29) is 12.1 Å². The first kappa shape index (κ1) is 17.4. The SMILES string of the molecule is COC(=O)CC1CN(Cc2cn(C)nc2C2CCCCC2)CCO1. The Morgan fingerprint density at radius 3 is 2.92 bits per heavy atom. The molecule has 0 radical (unpaired) electrons. The number of carbonyl (C=O) groups excluding carboxylic acids is 1. The Hall–Kier alpha value is -1.40. The van der Waals surface area contributed by atoms with Crippen LogP contribution >= 0.6 is 0 Å². The zero-order valence-electron chi connectivity index (χ0n) is 14.9. The van der Waals surface area contributed by atoms with E-state index in [1.165, 1.54) is 50.5 Å². The zero-order chi connectivity index (χ0) is 16.9. The standard InChI is InChI=1S/C18H29N3O3/c1-20-11-15(18(19-20)14-6-4-3-5-7-14)12-21-8-9-24-16(13-21)10-17(22)23-2/h11,14,16H,3-10,12-13H2,1-2H3. The normalized spacial score (nSPS) is 23.3. The molecule has 24 heavy (non-hydrogen) atoms. The van der Waals surface area contributed by atoms with Crippen LogP contribution in [0.2, 0.25) is 0 Å². The van der Waals surface area contributed by atoms with Crippen molar-refractivity contribution in [2.45, 2.75) is 57.1 Å². The highest BCUT2D eigenvalue weighted by Gasteiger charge is 2.26. The second kappa shape index (κ2) is 8.12. The van der Waals surface area contributed by atoms with Gasteiger partial charge in [0.05, 0.1) is 31.9 Å². The molecule has 0 bridgehead atoms. The Labute approximate surface area is 144 Å². The predicted octanol–water partition coefficient (Wildman–Crippen LogP) is 2.23. The Kier molecular flexibility index (Phi) is 5.89. The molecule has 0 amide bonds. The van der Waals surface area contributed by atoms with Crippen LogP contribution in [0.3, 0.4) is 0 Å². The third kappa shape index (κ3) is 4.36. The van der Waals surface area contributed by atoms with Gasteiger partial charge < -0.3 is 9.47 Å². The lowest BCUT2D eigenvalue weighted by molar-refractivity contribution is -0.145. The van der Waals surface area contributed by atoms with E-state index in [9.17, 15) is 4.79 Å². The quantitative estimate of drug-likeness (QED) is 0.773. The monoisotopic (exact) mass is 335 g/mol. The third-order valence-corrected chi connectivity index (χ3v) is 5.17. The minimum Gasteiger partial charge on any atom is -0.469 e. The van der Waals surface area contributed by atoms with Gasteiger partial charge in [-0.3, -0.25) is 14.4 Å². The van der Waals surface area contributed by atoms with Gasteiger partial charge >= 0.3 is 5.97 Å². The third-order valence-electron chi connectivity index (χ3n) is 5.17. The molecule has 134 valence electrons. The number of hydrogen-bond acceptors (Lipinski definition) is 5. The molecular weight excluding hydrogens is 306 g/mol. The van der Waals surface area contributed by atoms with Gasteiger partial charge in [0, 0.05) is 44.4 Å². The largest absolute Gasteiger partial charge is 0.469 e. The Bertz CT molecular complexity index is 552. The molecule has 2 aliphatic rings. The molecule has 1 aliphatic carbocycles. The van der Waals surface area contributed by atoms with Gasteiger partial charge in [0.15, 0.2) is 0 Å². The predicted molar refractivity (Wildman–Crippen MR) is 90.7 cm³/mol. The topological polar surface area (TPSA) is 56.6 Å². The van der Waals surface area contributed by atoms with Crippen molar-refractivity contribution in [2.75, 3.05) is 26.8 Å². The summed E-state index contributed by atoms with van der Waals surface area (Å²) in [6.45, 7) is 3.23. The van der Waals surface area contributed by atoms with Crippen molar-refractivity contribution in [3.8, 4) is 0 Å². The molecule has 2 fully saturated rings. The lowest BCUT2D eigenvalue weighted by Gasteiger charge is -2.32. The van der Waals surface area contributed by atoms with Crippen LogP contribution in [0.25, 0.3) is 0 Å². The first-order chi connectivity index (χ1) is 11.7. The summed E-state index contributed by atoms with van der Waals surface area (Å²) in [6.07, 6.45) is 8.94. The van der Waals surface area contributed by atoms with Crippen molar-refractivity contribution >= 4 is 5.97 Å². The minimum atomic E-state index is -0.203. The van der Waals surface area contributed by atoms with E-state index < -0.39 is 0 Å². The maximum atomic E-state index is 11.5. The fraction of sp³-hybridized carbons (Fsp3) is 0.778. The van der Waals surface area contributed by atoms with Gasteiger partial charge in [0.25, 0.3) is 0 Å². The molecule has 0 aromatic carbocycles. The van der Waals surface area contributed by atoms with Crippen molar-refractivity contribution in [1.29, 1.82) is 0 Å². The molecule has 0 spiro atoms. The van der Waals surface area contributed by atoms with Crippen molar-refractivity contribution in [1.82, 2.24) is 14.7 Å². The lowest BCUT2D eigenvalue weighted by Crippen LogP contribution is -2.43. The molecule has 3 rings (SSSR count). The van der Waals surface area contributed by atoms with Gasteiger partial charge in [-0.1, -0.05) is 19.3 Å². The second-order valence-corrected chi connectivity index (χ2v) is 7.06. The minimum absolute atomic E-state index is 0.0685. The van der Waals surface area contributed by atoms with Gasteiger partial charge in [-0.25, -0.2) is 0 Å². The number of hydrogen-bond donors (Lipinski definition) is 0. The molecule has 1 unspecified atom stereocenters. The van der Waals surface area contributed by atoms with Crippen molar-refractivity contribution in [2.24, 2.45) is 7.05 Å². The summed E-state index contributed by atoms with van der Waals surface area (Å²) in [6, 6.07) is 0. The highest BCUT2D eigenvalue weighted by Crippen LogP contribution is 2.34. The Balaban J connectivity index is 1.63. The molecule has 0 N–H and O–H groups in total. The number of aryl methyl sites for hydroxylation is 1. The van der Waals surface area contributed by atoms with E-state index in [4.69, 9.17) is 14.6 Å². The van der Waals surface area contributed by atoms with Crippen LogP contribution in [0, 0.1) is 0 Å². The second-order valence-electron chi connectivity index (χ2n) is 7.06. The van der Waals surface area contributed by atoms with Gasteiger partial charge in [0.2, 0.25) is 0 Å². The molecule has 1 atom stereocenters. The van der Waals surface area contributed by atoms with Crippen molar-refractivity contribution in [3.05, 3.63) is 17.5 Å². The van der Waals surface area contributed by atoms with E-state index in [2.05, 4.69) is 11.1 Å². The van der Waals surface area contributed by atoms with E-state index in [1.54, 1.807) is 0 Å². The number of morpholine rings is 1. The molecule has 6 nitrogen and oxygen atoms in total. The number of aromatic nitrogens is 2. The first-order valence-electron chi connectivity index (χ1n) is 9.09. The van der Waals surface area contributed by atoms with Crippen LogP contribution in [0.4, 0.5) is 0 Å². The molecule has 1 aliphatic heterocycles. The summed E-state index contributed by atoms with van der Waals surface area (Å²) in [5.74, 6) is 0.410. The van der Waals surface area contributed by atoms with Gasteiger partial charge in [-0.2, -0.15) is 5.10 Å². The summed E-state index contributed by atoms with van der Waals surface area (Å²) in [7, 11) is 3.43. The summed E-state index contributed by atoms with van der Waals surface area (Å²) in [4.78, 5) is 13.9. The average molecular weight is 335 g/mol. The number of ether oxygens (including phenoxy) is 2. The summed E-state index contributed by atoms with van der Waals surface area (Å²) >= 11 is 0. The van der Waals surface area contributed by atoms with Crippen LogP contribution in [-0.4, -0.2) is 53.6 Å². The maximum Gasteiger partial charge on any atom is 0.308 e.